The Kier molecular flexibility index (Phi) is 3.86. The van der Waals surface area contributed by atoms with Crippen molar-refractivity contribution in [2.45, 2.75) is 44.0 Å². The summed E-state index contributed by atoms with van der Waals surface area (Å²) >= 11 is 5.97. The molecule has 0 amide bonds. The van der Waals surface area contributed by atoms with Crippen LogP contribution in [0.3, 0.4) is 0 Å². The molecule has 0 radical (unpaired) electrons. The van der Waals surface area contributed by atoms with E-state index < -0.39 is 34.6 Å². The number of ether oxygens (including phenoxy) is 1. The summed E-state index contributed by atoms with van der Waals surface area (Å²) in [7, 11) is 0. The molecular formula is C22H22ClNO5. The first-order valence-electron chi connectivity index (χ1n) is 9.82. The molecule has 1 unspecified atom stereocenters. The van der Waals surface area contributed by atoms with Gasteiger partial charge in [0.2, 0.25) is 5.60 Å². The Bertz CT molecular complexity index is 972. The van der Waals surface area contributed by atoms with Crippen molar-refractivity contribution >= 4 is 29.1 Å². The highest BCUT2D eigenvalue weighted by Gasteiger charge is 2.72. The van der Waals surface area contributed by atoms with Gasteiger partial charge < -0.3 is 9.84 Å². The molecule has 2 N–H and O–H groups in total. The molecule has 0 bridgehead atoms. The SMILES string of the molecule is C[C@H]1CC[C@@H]2[C@@H](OC(=O)C23C=C(c2ccc(Cl)cc2)NO3)[C@]2(C)C(=O)C=C[C@@]12O. The van der Waals surface area contributed by atoms with E-state index in [0.717, 1.165) is 5.56 Å². The number of esters is 1. The van der Waals surface area contributed by atoms with Gasteiger partial charge in [0.1, 0.15) is 11.7 Å². The Hall–Kier alpha value is -2.15. The highest BCUT2D eigenvalue weighted by molar-refractivity contribution is 6.30. The molecule has 2 heterocycles. The lowest BCUT2D eigenvalue weighted by Crippen LogP contribution is -2.57. The maximum Gasteiger partial charge on any atom is 0.346 e. The molecule has 29 heavy (non-hydrogen) atoms. The third kappa shape index (κ3) is 2.25. The van der Waals surface area contributed by atoms with Crippen molar-refractivity contribution < 1.29 is 24.3 Å². The van der Waals surface area contributed by atoms with Gasteiger partial charge in [-0.2, -0.15) is 0 Å². The number of benzene rings is 1. The van der Waals surface area contributed by atoms with Crippen molar-refractivity contribution in [2.24, 2.45) is 17.3 Å². The van der Waals surface area contributed by atoms with Crippen LogP contribution in [0.4, 0.5) is 0 Å². The summed E-state index contributed by atoms with van der Waals surface area (Å²) in [5.74, 6) is -1.33. The van der Waals surface area contributed by atoms with Crippen LogP contribution in [0.5, 0.6) is 0 Å². The summed E-state index contributed by atoms with van der Waals surface area (Å²) in [6.45, 7) is 3.63. The summed E-state index contributed by atoms with van der Waals surface area (Å²) in [5.41, 5.74) is 0.401. The van der Waals surface area contributed by atoms with Gasteiger partial charge in [0.05, 0.1) is 11.1 Å². The monoisotopic (exact) mass is 415 g/mol. The van der Waals surface area contributed by atoms with E-state index in [4.69, 9.17) is 21.2 Å². The van der Waals surface area contributed by atoms with Crippen LogP contribution >= 0.6 is 11.6 Å². The van der Waals surface area contributed by atoms with Gasteiger partial charge in [0.15, 0.2) is 5.78 Å². The van der Waals surface area contributed by atoms with Gasteiger partial charge >= 0.3 is 5.97 Å². The van der Waals surface area contributed by atoms with Crippen LogP contribution < -0.4 is 5.48 Å². The number of carbonyl (C=O) groups excluding carboxylic acids is 2. The van der Waals surface area contributed by atoms with E-state index in [9.17, 15) is 14.7 Å². The van der Waals surface area contributed by atoms with E-state index in [1.165, 1.54) is 6.08 Å². The molecule has 6 atom stereocenters. The van der Waals surface area contributed by atoms with Crippen LogP contribution in [0.25, 0.3) is 5.70 Å². The Morgan fingerprint density at radius 3 is 2.66 bits per heavy atom. The van der Waals surface area contributed by atoms with Gasteiger partial charge in [-0.1, -0.05) is 30.7 Å². The van der Waals surface area contributed by atoms with Crippen LogP contribution in [0, 0.1) is 17.3 Å². The molecule has 1 saturated carbocycles. The van der Waals surface area contributed by atoms with Crippen LogP contribution in [0.15, 0.2) is 42.5 Å². The molecule has 1 aromatic rings. The predicted molar refractivity (Wildman–Crippen MR) is 105 cm³/mol. The lowest BCUT2D eigenvalue weighted by Gasteiger charge is -2.43. The Morgan fingerprint density at radius 1 is 1.21 bits per heavy atom. The second-order valence-electron chi connectivity index (χ2n) is 8.70. The molecular weight excluding hydrogens is 394 g/mol. The average Bonchev–Trinajstić information content (AvgIpc) is 3.32. The largest absolute Gasteiger partial charge is 0.458 e. The summed E-state index contributed by atoms with van der Waals surface area (Å²) in [5, 5.41) is 12.0. The molecule has 4 aliphatic rings. The predicted octanol–water partition coefficient (Wildman–Crippen LogP) is 2.80. The molecule has 1 spiro atoms. The fourth-order valence-corrected chi connectivity index (χ4v) is 5.59. The number of aliphatic hydroxyl groups is 1. The Balaban J connectivity index is 1.59. The highest BCUT2D eigenvalue weighted by atomic mass is 35.5. The van der Waals surface area contributed by atoms with Crippen molar-refractivity contribution in [3.05, 3.63) is 53.1 Å². The highest BCUT2D eigenvalue weighted by Crippen LogP contribution is 2.59. The first kappa shape index (κ1) is 18.9. The number of hydroxylamine groups is 1. The van der Waals surface area contributed by atoms with Crippen molar-refractivity contribution in [3.8, 4) is 0 Å². The lowest BCUT2D eigenvalue weighted by molar-refractivity contribution is -0.169. The fourth-order valence-electron chi connectivity index (χ4n) is 5.46. The number of allylic oxidation sites excluding steroid dienone is 1. The topological polar surface area (TPSA) is 84.9 Å². The van der Waals surface area contributed by atoms with Gasteiger partial charge in [0, 0.05) is 10.9 Å². The zero-order valence-corrected chi connectivity index (χ0v) is 16.9. The van der Waals surface area contributed by atoms with Gasteiger partial charge in [-0.05, 0) is 61.6 Å². The minimum absolute atomic E-state index is 0.161. The maximum atomic E-state index is 13.1. The third-order valence-electron chi connectivity index (χ3n) is 7.38. The van der Waals surface area contributed by atoms with Crippen LogP contribution in [0.1, 0.15) is 32.3 Å². The van der Waals surface area contributed by atoms with E-state index in [2.05, 4.69) is 5.48 Å². The van der Waals surface area contributed by atoms with Gasteiger partial charge in [-0.25, -0.2) is 4.79 Å². The van der Waals surface area contributed by atoms with E-state index in [0.29, 0.717) is 23.6 Å². The van der Waals surface area contributed by atoms with Crippen molar-refractivity contribution in [1.29, 1.82) is 0 Å². The average molecular weight is 416 g/mol. The fraction of sp³-hybridized carbons (Fsp3) is 0.455. The molecule has 7 heteroatoms. The number of hydrogen-bond acceptors (Lipinski definition) is 6. The van der Waals surface area contributed by atoms with Gasteiger partial charge in [-0.15, -0.1) is 0 Å². The lowest BCUT2D eigenvalue weighted by atomic mass is 9.64. The number of carbonyl (C=O) groups is 2. The third-order valence-corrected chi connectivity index (χ3v) is 7.63. The molecule has 0 aromatic heterocycles. The molecule has 6 nitrogen and oxygen atoms in total. The van der Waals surface area contributed by atoms with E-state index in [-0.39, 0.29) is 11.7 Å². The van der Waals surface area contributed by atoms with E-state index in [1.807, 2.05) is 19.1 Å². The van der Waals surface area contributed by atoms with Crippen molar-refractivity contribution in [2.75, 3.05) is 0 Å². The number of nitrogens with one attached hydrogen (secondary N) is 1. The standard InChI is InChI=1S/C22H22ClNO5/c1-12-3-8-15-18(20(2)17(25)9-10-22(12,20)27)28-19(26)21(15)11-16(24-29-21)13-4-6-14(23)7-5-13/h4-7,9-12,15,18,24,27H,3,8H2,1-2H3/t12-,15+,18+,20-,21?,22+/m0/s1. The minimum atomic E-state index is -1.36. The van der Waals surface area contributed by atoms with Crippen LogP contribution in [-0.4, -0.2) is 34.2 Å². The zero-order valence-electron chi connectivity index (χ0n) is 16.1. The molecule has 1 aromatic carbocycles. The summed E-state index contributed by atoms with van der Waals surface area (Å²) in [6, 6.07) is 7.19. The molecule has 1 saturated heterocycles. The second kappa shape index (κ2) is 5.94. The summed E-state index contributed by atoms with van der Waals surface area (Å²) in [6.07, 6.45) is 5.17. The first-order chi connectivity index (χ1) is 13.7. The number of halogens is 1. The normalized spacial score (nSPS) is 42.9. The Morgan fingerprint density at radius 2 is 1.93 bits per heavy atom. The minimum Gasteiger partial charge on any atom is -0.458 e. The zero-order chi connectivity index (χ0) is 20.6. The summed E-state index contributed by atoms with van der Waals surface area (Å²) < 4.78 is 5.80. The summed E-state index contributed by atoms with van der Waals surface area (Å²) in [4.78, 5) is 31.8. The maximum absolute atomic E-state index is 13.1. The smallest absolute Gasteiger partial charge is 0.346 e. The van der Waals surface area contributed by atoms with Crippen molar-refractivity contribution in [1.82, 2.24) is 5.48 Å². The first-order valence-corrected chi connectivity index (χ1v) is 10.2. The molecule has 2 aliphatic carbocycles. The number of ketones is 1. The Labute approximate surface area is 173 Å². The second-order valence-corrected chi connectivity index (χ2v) is 9.13. The van der Waals surface area contributed by atoms with Crippen LogP contribution in [-0.2, 0) is 19.2 Å². The van der Waals surface area contributed by atoms with Crippen LogP contribution in [0.2, 0.25) is 5.02 Å². The van der Waals surface area contributed by atoms with E-state index in [1.54, 1.807) is 31.2 Å². The molecule has 152 valence electrons. The van der Waals surface area contributed by atoms with E-state index >= 15 is 0 Å². The number of hydrogen-bond donors (Lipinski definition) is 2. The molecule has 2 aliphatic heterocycles. The van der Waals surface area contributed by atoms with Gasteiger partial charge in [-0.3, -0.25) is 15.1 Å². The number of fused-ring (bicyclic) bond motifs is 4. The molecule has 2 fully saturated rings. The van der Waals surface area contributed by atoms with Crippen molar-refractivity contribution in [3.63, 3.8) is 0 Å². The van der Waals surface area contributed by atoms with Gasteiger partial charge in [0.25, 0.3) is 0 Å². The number of rotatable bonds is 1. The quantitative estimate of drug-likeness (QED) is 0.686. The molecule has 5 rings (SSSR count).